The third-order valence-electron chi connectivity index (χ3n) is 5.12. The summed E-state index contributed by atoms with van der Waals surface area (Å²) in [7, 11) is 0. The molecule has 3 atom stereocenters. The molecule has 0 unspecified atom stereocenters. The van der Waals surface area contributed by atoms with Crippen LogP contribution in [-0.4, -0.2) is 43.1 Å². The van der Waals surface area contributed by atoms with Gasteiger partial charge in [0.05, 0.1) is 0 Å². The molecule has 1 saturated heterocycles. The topological polar surface area (TPSA) is 41.6 Å². The summed E-state index contributed by atoms with van der Waals surface area (Å²) in [6.45, 7) is 14.7. The van der Waals surface area contributed by atoms with Crippen molar-refractivity contribution >= 4 is 5.91 Å². The van der Waals surface area contributed by atoms with Crippen LogP contribution in [-0.2, 0) is 4.79 Å². The average Bonchev–Trinajstić information content (AvgIpc) is 2.54. The highest BCUT2D eigenvalue weighted by atomic mass is 16.5. The van der Waals surface area contributed by atoms with Crippen LogP contribution in [0.4, 0.5) is 0 Å². The zero-order chi connectivity index (χ0) is 18.4. The van der Waals surface area contributed by atoms with E-state index in [0.717, 1.165) is 36.1 Å². The maximum absolute atomic E-state index is 12.2. The third-order valence-corrected chi connectivity index (χ3v) is 5.12. The van der Waals surface area contributed by atoms with Crippen molar-refractivity contribution in [2.75, 3.05) is 26.2 Å². The fourth-order valence-electron chi connectivity index (χ4n) is 3.73. The van der Waals surface area contributed by atoms with Crippen molar-refractivity contribution in [3.8, 4) is 5.75 Å². The average molecular weight is 347 g/mol. The Morgan fingerprint density at radius 3 is 2.64 bits per heavy atom. The number of likely N-dealkylation sites (tertiary alicyclic amines) is 1. The Bertz CT molecular complexity index is 563. The summed E-state index contributed by atoms with van der Waals surface area (Å²) >= 11 is 0. The molecule has 2 rings (SSSR count). The van der Waals surface area contributed by atoms with Crippen molar-refractivity contribution in [3.05, 3.63) is 29.3 Å². The van der Waals surface area contributed by atoms with E-state index in [9.17, 15) is 4.79 Å². The lowest BCUT2D eigenvalue weighted by molar-refractivity contribution is -0.127. The SMILES string of the molecule is Cc1cccc(O[C@H](C)C(=O)NCCCN2C[C@H](C)C[C@@H](C)C2)c1C. The molecule has 1 amide bonds. The maximum atomic E-state index is 12.2. The number of hydrogen-bond donors (Lipinski definition) is 1. The normalized spacial score (nSPS) is 22.4. The molecule has 0 spiro atoms. The maximum Gasteiger partial charge on any atom is 0.260 e. The monoisotopic (exact) mass is 346 g/mol. The standard InChI is InChI=1S/C21H34N2O2/c1-15-12-16(2)14-23(13-15)11-7-10-22-21(24)19(5)25-20-9-6-8-17(3)18(20)4/h6,8-9,15-16,19H,7,10-14H2,1-5H3,(H,22,24)/t15-,16-,19-/m1/s1. The van der Waals surface area contributed by atoms with Gasteiger partial charge in [-0.2, -0.15) is 0 Å². The van der Waals surface area contributed by atoms with Gasteiger partial charge in [-0.25, -0.2) is 0 Å². The smallest absolute Gasteiger partial charge is 0.260 e. The first-order valence-corrected chi connectivity index (χ1v) is 9.59. The predicted molar refractivity (Wildman–Crippen MR) is 103 cm³/mol. The molecule has 0 radical (unpaired) electrons. The first-order chi connectivity index (χ1) is 11.9. The molecule has 4 heteroatoms. The Morgan fingerprint density at radius 1 is 1.28 bits per heavy atom. The van der Waals surface area contributed by atoms with Crippen LogP contribution in [0, 0.1) is 25.7 Å². The molecule has 25 heavy (non-hydrogen) atoms. The Hall–Kier alpha value is -1.55. The van der Waals surface area contributed by atoms with Crippen LogP contribution in [0.3, 0.4) is 0 Å². The van der Waals surface area contributed by atoms with Crippen LogP contribution in [0.15, 0.2) is 18.2 Å². The molecule has 1 aliphatic heterocycles. The van der Waals surface area contributed by atoms with E-state index < -0.39 is 6.10 Å². The van der Waals surface area contributed by atoms with Gasteiger partial charge in [0.25, 0.3) is 5.91 Å². The van der Waals surface area contributed by atoms with E-state index in [0.29, 0.717) is 6.54 Å². The molecule has 140 valence electrons. The van der Waals surface area contributed by atoms with Gasteiger partial charge < -0.3 is 15.0 Å². The van der Waals surface area contributed by atoms with Gasteiger partial charge in [-0.05, 0) is 69.2 Å². The van der Waals surface area contributed by atoms with Crippen LogP contribution in [0.2, 0.25) is 0 Å². The Balaban J connectivity index is 1.70. The number of piperidine rings is 1. The highest BCUT2D eigenvalue weighted by molar-refractivity contribution is 5.80. The third kappa shape index (κ3) is 6.03. The number of rotatable bonds is 7. The van der Waals surface area contributed by atoms with Gasteiger partial charge in [0.2, 0.25) is 0 Å². The lowest BCUT2D eigenvalue weighted by Gasteiger charge is -2.34. The van der Waals surface area contributed by atoms with Gasteiger partial charge in [-0.3, -0.25) is 4.79 Å². The Kier molecular flexibility index (Phi) is 7.30. The molecule has 0 aromatic heterocycles. The van der Waals surface area contributed by atoms with E-state index in [4.69, 9.17) is 4.74 Å². The molecule has 1 aliphatic rings. The number of nitrogens with zero attached hydrogens (tertiary/aromatic N) is 1. The van der Waals surface area contributed by atoms with Crippen LogP contribution in [0.25, 0.3) is 0 Å². The number of carbonyl (C=O) groups is 1. The number of benzene rings is 1. The predicted octanol–water partition coefficient (Wildman–Crippen LogP) is 3.55. The first kappa shape index (κ1) is 19.8. The summed E-state index contributed by atoms with van der Waals surface area (Å²) in [5, 5.41) is 3.01. The lowest BCUT2D eigenvalue weighted by atomic mass is 9.92. The number of nitrogens with one attached hydrogen (secondary N) is 1. The molecule has 0 aliphatic carbocycles. The van der Waals surface area contributed by atoms with Crippen molar-refractivity contribution in [3.63, 3.8) is 0 Å². The number of aryl methyl sites for hydroxylation is 1. The minimum atomic E-state index is -0.476. The number of hydrogen-bond acceptors (Lipinski definition) is 3. The fourth-order valence-corrected chi connectivity index (χ4v) is 3.73. The molecule has 1 aromatic rings. The molecule has 0 saturated carbocycles. The molecular formula is C21H34N2O2. The van der Waals surface area contributed by atoms with Crippen molar-refractivity contribution < 1.29 is 9.53 Å². The molecule has 1 fully saturated rings. The summed E-state index contributed by atoms with van der Waals surface area (Å²) in [4.78, 5) is 14.8. The molecular weight excluding hydrogens is 312 g/mol. The van der Waals surface area contributed by atoms with E-state index in [1.165, 1.54) is 25.1 Å². The van der Waals surface area contributed by atoms with E-state index in [1.807, 2.05) is 26.0 Å². The van der Waals surface area contributed by atoms with Gasteiger partial charge in [0.1, 0.15) is 5.75 Å². The minimum absolute atomic E-state index is 0.0405. The quantitative estimate of drug-likeness (QED) is 0.768. The fraction of sp³-hybridized carbons (Fsp3) is 0.667. The van der Waals surface area contributed by atoms with Gasteiger partial charge in [-0.15, -0.1) is 0 Å². The van der Waals surface area contributed by atoms with Gasteiger partial charge >= 0.3 is 0 Å². The Labute approximate surface area is 152 Å². The molecule has 4 nitrogen and oxygen atoms in total. The second-order valence-electron chi connectivity index (χ2n) is 7.81. The second kappa shape index (κ2) is 9.23. The first-order valence-electron chi connectivity index (χ1n) is 9.59. The van der Waals surface area contributed by atoms with Crippen molar-refractivity contribution in [2.45, 2.75) is 53.6 Å². The highest BCUT2D eigenvalue weighted by Gasteiger charge is 2.21. The number of carbonyl (C=O) groups excluding carboxylic acids is 1. The number of ether oxygens (including phenoxy) is 1. The summed E-state index contributed by atoms with van der Waals surface area (Å²) in [5.74, 6) is 2.31. The van der Waals surface area contributed by atoms with Crippen molar-refractivity contribution in [1.29, 1.82) is 0 Å². The summed E-state index contributed by atoms with van der Waals surface area (Å²) < 4.78 is 5.84. The summed E-state index contributed by atoms with van der Waals surface area (Å²) in [5.41, 5.74) is 2.27. The largest absolute Gasteiger partial charge is 0.481 e. The lowest BCUT2D eigenvalue weighted by Crippen LogP contribution is -2.41. The molecule has 0 bridgehead atoms. The second-order valence-corrected chi connectivity index (χ2v) is 7.81. The van der Waals surface area contributed by atoms with Crippen molar-refractivity contribution in [2.24, 2.45) is 11.8 Å². The van der Waals surface area contributed by atoms with Crippen LogP contribution in [0.1, 0.15) is 44.7 Å². The van der Waals surface area contributed by atoms with E-state index in [2.05, 4.69) is 37.1 Å². The highest BCUT2D eigenvalue weighted by Crippen LogP contribution is 2.22. The van der Waals surface area contributed by atoms with Crippen molar-refractivity contribution in [1.82, 2.24) is 10.2 Å². The molecule has 1 aromatic carbocycles. The zero-order valence-electron chi connectivity index (χ0n) is 16.5. The van der Waals surface area contributed by atoms with E-state index in [1.54, 1.807) is 0 Å². The van der Waals surface area contributed by atoms with Gasteiger partial charge in [-0.1, -0.05) is 26.0 Å². The molecule has 1 heterocycles. The van der Waals surface area contributed by atoms with Crippen LogP contribution >= 0.6 is 0 Å². The Morgan fingerprint density at radius 2 is 1.96 bits per heavy atom. The van der Waals surface area contributed by atoms with Gasteiger partial charge in [0.15, 0.2) is 6.10 Å². The van der Waals surface area contributed by atoms with E-state index >= 15 is 0 Å². The number of amides is 1. The molecule has 1 N–H and O–H groups in total. The zero-order valence-corrected chi connectivity index (χ0v) is 16.5. The van der Waals surface area contributed by atoms with Crippen LogP contribution in [0.5, 0.6) is 5.75 Å². The van der Waals surface area contributed by atoms with Crippen LogP contribution < -0.4 is 10.1 Å². The summed E-state index contributed by atoms with van der Waals surface area (Å²) in [6.07, 6.45) is 1.84. The van der Waals surface area contributed by atoms with Gasteiger partial charge in [0, 0.05) is 19.6 Å². The summed E-state index contributed by atoms with van der Waals surface area (Å²) in [6, 6.07) is 5.93. The van der Waals surface area contributed by atoms with E-state index in [-0.39, 0.29) is 5.91 Å². The minimum Gasteiger partial charge on any atom is -0.481 e.